The zero-order valence-electron chi connectivity index (χ0n) is 7.99. The molecule has 12 heavy (non-hydrogen) atoms. The van der Waals surface area contributed by atoms with Crippen LogP contribution >= 0.6 is 0 Å². The van der Waals surface area contributed by atoms with Crippen molar-refractivity contribution >= 4 is 6.40 Å². The van der Waals surface area contributed by atoms with Crippen LogP contribution in [0.15, 0.2) is 4.99 Å². The largest absolute Gasteiger partial charge is 0.326 e. The zero-order chi connectivity index (χ0) is 8.97. The second-order valence-electron chi connectivity index (χ2n) is 3.59. The first-order valence-electron chi connectivity index (χ1n) is 4.46. The summed E-state index contributed by atoms with van der Waals surface area (Å²) < 4.78 is 0. The van der Waals surface area contributed by atoms with Crippen molar-refractivity contribution in [2.75, 3.05) is 7.11 Å². The maximum absolute atomic E-state index is 4.60. The molecule has 1 fully saturated rings. The Balaban J connectivity index is 2.32. The summed E-state index contributed by atoms with van der Waals surface area (Å²) in [4.78, 5) is 13.3. The normalized spacial score (nSPS) is 20.3. The molecule has 0 heterocycles. The Labute approximate surface area is 73.7 Å². The van der Waals surface area contributed by atoms with Crippen molar-refractivity contribution in [1.82, 2.24) is 0 Å². The van der Waals surface area contributed by atoms with Crippen molar-refractivity contribution in [3.8, 4) is 0 Å². The minimum absolute atomic E-state index is 0.417. The minimum atomic E-state index is 0.417. The molecule has 3 nitrogen and oxygen atoms in total. The number of rotatable bonds is 5. The van der Waals surface area contributed by atoms with Gasteiger partial charge < -0.3 is 4.89 Å². The van der Waals surface area contributed by atoms with Crippen LogP contribution in [-0.2, 0) is 9.78 Å². The van der Waals surface area contributed by atoms with Gasteiger partial charge in [0.25, 0.3) is 0 Å². The summed E-state index contributed by atoms with van der Waals surface area (Å²) in [5.74, 6) is 1.37. The van der Waals surface area contributed by atoms with E-state index in [0.29, 0.717) is 12.0 Å². The lowest BCUT2D eigenvalue weighted by molar-refractivity contribution is -0.188. The lowest BCUT2D eigenvalue weighted by Gasteiger charge is -2.14. The monoisotopic (exact) mass is 171 g/mol. The summed E-state index contributed by atoms with van der Waals surface area (Å²) in [6, 6.07) is 0.417. The molecule has 1 atom stereocenters. The molecule has 0 aromatic heterocycles. The van der Waals surface area contributed by atoms with Crippen molar-refractivity contribution in [1.29, 1.82) is 0 Å². The number of hydrogen-bond acceptors (Lipinski definition) is 3. The molecule has 0 bridgehead atoms. The summed E-state index contributed by atoms with van der Waals surface area (Å²) >= 11 is 0. The molecule has 0 unspecified atom stereocenters. The van der Waals surface area contributed by atoms with Crippen molar-refractivity contribution in [2.24, 2.45) is 16.8 Å². The van der Waals surface area contributed by atoms with Crippen LogP contribution in [0.5, 0.6) is 0 Å². The van der Waals surface area contributed by atoms with Crippen LogP contribution < -0.4 is 0 Å². The fraction of sp³-hybridized carbons (Fsp3) is 0.889. The van der Waals surface area contributed by atoms with E-state index in [-0.39, 0.29) is 0 Å². The van der Waals surface area contributed by atoms with Crippen molar-refractivity contribution in [2.45, 2.75) is 32.7 Å². The molecule has 0 N–H and O–H groups in total. The molecule has 1 aliphatic carbocycles. The Hall–Kier alpha value is -0.570. The van der Waals surface area contributed by atoms with Gasteiger partial charge in [0.05, 0.1) is 13.2 Å². The number of hydrogen-bond donors (Lipinski definition) is 0. The van der Waals surface area contributed by atoms with E-state index >= 15 is 0 Å². The molecule has 0 amide bonds. The highest BCUT2D eigenvalue weighted by atomic mass is 17.2. The van der Waals surface area contributed by atoms with E-state index in [1.165, 1.54) is 26.4 Å². The maximum atomic E-state index is 4.60. The highest BCUT2D eigenvalue weighted by Crippen LogP contribution is 2.37. The van der Waals surface area contributed by atoms with Crippen LogP contribution in [0, 0.1) is 11.8 Å². The molecule has 0 spiro atoms. The van der Waals surface area contributed by atoms with Gasteiger partial charge in [-0.25, -0.2) is 0 Å². The molecule has 1 saturated carbocycles. The lowest BCUT2D eigenvalue weighted by atomic mass is 10.0. The molecular formula is C9H17NO2. The topological polar surface area (TPSA) is 30.8 Å². The second kappa shape index (κ2) is 4.45. The van der Waals surface area contributed by atoms with Crippen molar-refractivity contribution < 1.29 is 9.78 Å². The second-order valence-corrected chi connectivity index (χ2v) is 3.59. The van der Waals surface area contributed by atoms with Gasteiger partial charge in [0, 0.05) is 0 Å². The summed E-state index contributed by atoms with van der Waals surface area (Å²) in [5, 5.41) is 0. The van der Waals surface area contributed by atoms with E-state index in [4.69, 9.17) is 0 Å². The number of nitrogens with zero attached hydrogens (tertiary/aromatic N) is 1. The Morgan fingerprint density at radius 3 is 2.50 bits per heavy atom. The van der Waals surface area contributed by atoms with Crippen LogP contribution in [-0.4, -0.2) is 19.6 Å². The van der Waals surface area contributed by atoms with E-state index < -0.39 is 0 Å². The predicted molar refractivity (Wildman–Crippen MR) is 47.9 cm³/mol. The fourth-order valence-corrected chi connectivity index (χ4v) is 1.41. The van der Waals surface area contributed by atoms with Crippen LogP contribution in [0.1, 0.15) is 26.7 Å². The van der Waals surface area contributed by atoms with E-state index in [0.717, 1.165) is 5.92 Å². The van der Waals surface area contributed by atoms with Crippen LogP contribution in [0.3, 0.4) is 0 Å². The van der Waals surface area contributed by atoms with Gasteiger partial charge >= 0.3 is 0 Å². The molecule has 1 aliphatic rings. The average molecular weight is 171 g/mol. The van der Waals surface area contributed by atoms with Crippen LogP contribution in [0.25, 0.3) is 0 Å². The highest BCUT2D eigenvalue weighted by molar-refractivity contribution is 5.45. The Morgan fingerprint density at radius 1 is 1.42 bits per heavy atom. The first kappa shape index (κ1) is 9.52. The standard InChI is InChI=1S/C9H17NO2/c1-7(2)9(8-4-5-8)10-6-12-11-3/h6-9H,4-5H2,1-3H3/b10-6+/t9-/m1/s1. The van der Waals surface area contributed by atoms with Gasteiger partial charge in [-0.05, 0) is 24.7 Å². The summed E-state index contributed by atoms with van der Waals surface area (Å²) in [6.07, 6.45) is 4.03. The third kappa shape index (κ3) is 2.81. The summed E-state index contributed by atoms with van der Waals surface area (Å²) in [6.45, 7) is 4.38. The molecular weight excluding hydrogens is 154 g/mol. The smallest absolute Gasteiger partial charge is 0.215 e. The van der Waals surface area contributed by atoms with Gasteiger partial charge in [-0.3, -0.25) is 4.99 Å². The van der Waals surface area contributed by atoms with Gasteiger partial charge in [0.15, 0.2) is 0 Å². The van der Waals surface area contributed by atoms with E-state index in [2.05, 4.69) is 28.6 Å². The fourth-order valence-electron chi connectivity index (χ4n) is 1.41. The maximum Gasteiger partial charge on any atom is 0.215 e. The van der Waals surface area contributed by atoms with Gasteiger partial charge in [0.1, 0.15) is 0 Å². The third-order valence-electron chi connectivity index (χ3n) is 2.16. The summed E-state index contributed by atoms with van der Waals surface area (Å²) in [7, 11) is 1.48. The lowest BCUT2D eigenvalue weighted by Crippen LogP contribution is -2.15. The van der Waals surface area contributed by atoms with Crippen molar-refractivity contribution in [3.05, 3.63) is 0 Å². The molecule has 0 saturated heterocycles. The molecule has 3 heteroatoms. The average Bonchev–Trinajstić information content (AvgIpc) is 2.80. The van der Waals surface area contributed by atoms with Crippen molar-refractivity contribution in [3.63, 3.8) is 0 Å². The van der Waals surface area contributed by atoms with E-state index in [9.17, 15) is 0 Å². The number of aliphatic imine (C=N–C) groups is 1. The quantitative estimate of drug-likeness (QED) is 0.274. The summed E-state index contributed by atoms with van der Waals surface area (Å²) in [5.41, 5.74) is 0. The van der Waals surface area contributed by atoms with E-state index in [1.54, 1.807) is 0 Å². The Kier molecular flexibility index (Phi) is 3.53. The molecule has 1 rings (SSSR count). The molecule has 0 aromatic rings. The Morgan fingerprint density at radius 2 is 2.08 bits per heavy atom. The van der Waals surface area contributed by atoms with Gasteiger partial charge in [-0.2, -0.15) is 4.89 Å². The third-order valence-corrected chi connectivity index (χ3v) is 2.16. The van der Waals surface area contributed by atoms with Crippen LogP contribution in [0.4, 0.5) is 0 Å². The predicted octanol–water partition coefficient (Wildman–Crippen LogP) is 2.03. The van der Waals surface area contributed by atoms with Gasteiger partial charge in [0.2, 0.25) is 6.40 Å². The SMILES string of the molecule is COO/C=N/[C@H](C(C)C)C1CC1. The zero-order valence-corrected chi connectivity index (χ0v) is 7.99. The van der Waals surface area contributed by atoms with Gasteiger partial charge in [-0.15, -0.1) is 0 Å². The molecule has 0 aliphatic heterocycles. The highest BCUT2D eigenvalue weighted by Gasteiger charge is 2.32. The molecule has 0 radical (unpaired) electrons. The first-order valence-corrected chi connectivity index (χ1v) is 4.46. The Bertz CT molecular complexity index is 151. The van der Waals surface area contributed by atoms with Crippen LogP contribution in [0.2, 0.25) is 0 Å². The molecule has 70 valence electrons. The van der Waals surface area contributed by atoms with Gasteiger partial charge in [-0.1, -0.05) is 13.8 Å². The molecule has 0 aromatic carbocycles. The minimum Gasteiger partial charge on any atom is -0.326 e. The van der Waals surface area contributed by atoms with E-state index in [1.807, 2.05) is 0 Å². The first-order chi connectivity index (χ1) is 5.75.